The quantitative estimate of drug-likeness (QED) is 0.0103. The molecule has 0 aromatic heterocycles. The van der Waals surface area contributed by atoms with Gasteiger partial charge in [-0.1, -0.05) is 6.92 Å². The van der Waals surface area contributed by atoms with Crippen molar-refractivity contribution in [2.45, 2.75) is 94.4 Å². The number of aliphatic hydroxyl groups excluding tert-OH is 1. The number of benzene rings is 3. The summed E-state index contributed by atoms with van der Waals surface area (Å²) in [5.41, 5.74) is 9.29. The Labute approximate surface area is 452 Å². The zero-order valence-electron chi connectivity index (χ0n) is 42.4. The van der Waals surface area contributed by atoms with Crippen LogP contribution in [0.1, 0.15) is 56.2 Å². The Hall–Kier alpha value is -8.77. The number of nitrogens with two attached hydrogens (primary N) is 2. The fourth-order valence-corrected chi connectivity index (χ4v) is 11.4. The number of β-lactam (4-membered cyclic amide) rings is 1. The summed E-state index contributed by atoms with van der Waals surface area (Å²) >= 11 is 1.05. The summed E-state index contributed by atoms with van der Waals surface area (Å²) < 4.78 is 16.7. The minimum atomic E-state index is -2.69. The van der Waals surface area contributed by atoms with E-state index < -0.39 is 136 Å². The average Bonchev–Trinajstić information content (AvgIpc) is 4.36. The maximum absolute atomic E-state index is 15.0. The number of hydrogen-bond acceptors (Lipinski definition) is 20. The Bertz CT molecular complexity index is 2960. The van der Waals surface area contributed by atoms with Crippen LogP contribution in [0.4, 0.5) is 26.7 Å². The number of ether oxygens (including phenoxy) is 3. The van der Waals surface area contributed by atoms with Crippen LogP contribution >= 0.6 is 11.8 Å². The maximum Gasteiger partial charge on any atom is 0.417 e. The van der Waals surface area contributed by atoms with Crippen LogP contribution in [-0.2, 0) is 58.0 Å². The molecule has 30 heteroatoms. The number of rotatable bonds is 21. The van der Waals surface area contributed by atoms with Crippen LogP contribution in [0.3, 0.4) is 0 Å². The van der Waals surface area contributed by atoms with Gasteiger partial charge < -0.3 is 51.0 Å². The molecule has 8 atom stereocenters. The molecule has 29 nitrogen and oxygen atoms in total. The van der Waals surface area contributed by atoms with Gasteiger partial charge in [0.25, 0.3) is 23.0 Å². The number of non-ortho nitro benzene ring substituents is 3. The number of imide groups is 1. The first kappa shape index (κ1) is 57.9. The van der Waals surface area contributed by atoms with E-state index in [1.807, 2.05) is 0 Å². The number of carboxylic acid groups (broad SMARTS) is 1. The second-order valence-corrected chi connectivity index (χ2v) is 20.5. The molecule has 3 fully saturated rings. The monoisotopic (exact) mass is 1120 g/mol. The number of nitro groups is 3. The highest BCUT2D eigenvalue weighted by Crippen LogP contribution is 2.52. The SMILES string of the molecule is C[C@@H](O)[C@H]1C(=O)N2C(C(=O)O)=C(S[C@H]3C[C@@H](C(=O)N4CC[C@H](N(C(=O)OCc5ccc([N+](=O)[O-])cc5)C(=O)[C@@](N)(CCCNC(=N)N)C(=O)OCc5ccc([N+](=O)[O-])cc5)C4)N(C(=O)OCc4ccc([N+](=O)[O-])cc4)C3)[C@H](C)[C@@H]12. The van der Waals surface area contributed by atoms with Gasteiger partial charge in [0.2, 0.25) is 11.8 Å². The second-order valence-electron chi connectivity index (χ2n) is 19.2. The number of carbonyl (C=O) groups is 7. The summed E-state index contributed by atoms with van der Waals surface area (Å²) in [4.78, 5) is 135. The molecule has 4 aliphatic rings. The third kappa shape index (κ3) is 12.7. The van der Waals surface area contributed by atoms with Crippen LogP contribution in [0, 0.1) is 47.6 Å². The maximum atomic E-state index is 15.0. The zero-order chi connectivity index (χ0) is 57.6. The number of nitrogens with one attached hydrogen (secondary N) is 2. The van der Waals surface area contributed by atoms with E-state index in [2.05, 4.69) is 5.32 Å². The predicted octanol–water partition coefficient (Wildman–Crippen LogP) is 2.85. The number of hydrogen-bond donors (Lipinski definition) is 6. The molecule has 8 N–H and O–H groups in total. The first-order valence-corrected chi connectivity index (χ1v) is 25.4. The Kier molecular flexibility index (Phi) is 17.8. The molecule has 7 rings (SSSR count). The number of guanidine groups is 1. The molecule has 3 saturated heterocycles. The van der Waals surface area contributed by atoms with Crippen molar-refractivity contribution in [3.05, 3.63) is 130 Å². The van der Waals surface area contributed by atoms with Gasteiger partial charge in [-0.05, 0) is 85.7 Å². The lowest BCUT2D eigenvalue weighted by Crippen LogP contribution is -2.64. The molecule has 0 aliphatic carbocycles. The molecule has 0 unspecified atom stereocenters. The van der Waals surface area contributed by atoms with E-state index in [0.717, 1.165) is 45.8 Å². The molecule has 0 bridgehead atoms. The van der Waals surface area contributed by atoms with Gasteiger partial charge in [-0.25, -0.2) is 24.1 Å². The molecular weight excluding hydrogens is 1060 g/mol. The van der Waals surface area contributed by atoms with Gasteiger partial charge in [-0.15, -0.1) is 11.8 Å². The van der Waals surface area contributed by atoms with Gasteiger partial charge in [0, 0.05) is 78.7 Å². The van der Waals surface area contributed by atoms with Gasteiger partial charge in [-0.2, -0.15) is 0 Å². The lowest BCUT2D eigenvalue weighted by atomic mass is 9.79. The summed E-state index contributed by atoms with van der Waals surface area (Å²) in [6, 6.07) is 11.7. The van der Waals surface area contributed by atoms with Crippen LogP contribution in [0.15, 0.2) is 83.4 Å². The van der Waals surface area contributed by atoms with Gasteiger partial charge in [0.15, 0.2) is 11.5 Å². The van der Waals surface area contributed by atoms with Crippen LogP contribution in [0.2, 0.25) is 0 Å². The predicted molar refractivity (Wildman–Crippen MR) is 273 cm³/mol. The summed E-state index contributed by atoms with van der Waals surface area (Å²) in [5.74, 6) is -7.27. The number of thioether (sulfide) groups is 1. The van der Waals surface area contributed by atoms with E-state index in [4.69, 9.17) is 31.1 Å². The highest BCUT2D eigenvalue weighted by molar-refractivity contribution is 8.03. The highest BCUT2D eigenvalue weighted by Gasteiger charge is 2.61. The molecule has 4 aliphatic heterocycles. The zero-order valence-corrected chi connectivity index (χ0v) is 43.2. The smallest absolute Gasteiger partial charge is 0.417 e. The van der Waals surface area contributed by atoms with Gasteiger partial charge in [0.1, 0.15) is 31.6 Å². The topological polar surface area (TPSA) is 418 Å². The summed E-state index contributed by atoms with van der Waals surface area (Å²) in [7, 11) is 0. The van der Waals surface area contributed by atoms with Gasteiger partial charge in [-0.3, -0.25) is 55.0 Å². The van der Waals surface area contributed by atoms with E-state index in [-0.39, 0.29) is 84.3 Å². The van der Waals surface area contributed by atoms with E-state index in [1.165, 1.54) is 60.4 Å². The number of carboxylic acids is 1. The lowest BCUT2D eigenvalue weighted by molar-refractivity contribution is -0.385. The van der Waals surface area contributed by atoms with Crippen molar-refractivity contribution in [3.8, 4) is 0 Å². The Morgan fingerprint density at radius 1 is 0.861 bits per heavy atom. The number of fused-ring (bicyclic) bond motifs is 1. The van der Waals surface area contributed by atoms with Crippen molar-refractivity contribution in [3.63, 3.8) is 0 Å². The van der Waals surface area contributed by atoms with E-state index in [0.29, 0.717) is 10.5 Å². The lowest BCUT2D eigenvalue weighted by Gasteiger charge is -2.46. The fraction of sp³-hybridized carbons (Fsp3) is 0.429. The number of amides is 5. The number of nitro benzene ring substituents is 3. The van der Waals surface area contributed by atoms with Crippen molar-refractivity contribution >= 4 is 76.6 Å². The Balaban J connectivity index is 1.17. The third-order valence-corrected chi connectivity index (χ3v) is 15.5. The molecule has 420 valence electrons. The molecule has 4 heterocycles. The minimum absolute atomic E-state index is 0.0892. The number of esters is 1. The molecule has 0 saturated carbocycles. The van der Waals surface area contributed by atoms with Crippen molar-refractivity contribution in [1.82, 2.24) is 24.9 Å². The van der Waals surface area contributed by atoms with Crippen molar-refractivity contribution in [2.24, 2.45) is 23.3 Å². The number of likely N-dealkylation sites (tertiary alicyclic amines) is 2. The summed E-state index contributed by atoms with van der Waals surface area (Å²) in [6.45, 7) is 0.776. The second kappa shape index (κ2) is 24.3. The third-order valence-electron chi connectivity index (χ3n) is 14.0. The molecule has 5 amide bonds. The standard InChI is InChI=1S/C49H55N11O18S/c1-26-38-37(27(2)61)42(63)57(38)39(43(64)65)40(26)79-35-20-36(55(22-35)47(68)77-24-29-6-12-32(13-7-29)59(72)73)41(62)54-19-16-34(21-54)56(48(69)78-25-30-8-14-33(15-9-30)60(74)75)44(66)49(52,17-3-18-53-46(50)51)45(67)76-23-28-4-10-31(11-5-28)58(70)71/h4-15,26-27,34-38,61H,3,16-25,52H2,1-2H3,(H,64,65)(H4,50,51,53)/t26-,27-,34+,35+,36+,37-,38+,49+/m1/s1. The van der Waals surface area contributed by atoms with Crippen LogP contribution in [0.5, 0.6) is 0 Å². The largest absolute Gasteiger partial charge is 0.477 e. The molecule has 3 aromatic rings. The number of nitrogens with zero attached hydrogens (tertiary/aromatic N) is 7. The van der Waals surface area contributed by atoms with Gasteiger partial charge >= 0.3 is 24.1 Å². The number of aliphatic carboxylic acids is 1. The van der Waals surface area contributed by atoms with Crippen LogP contribution in [0.25, 0.3) is 0 Å². The summed E-state index contributed by atoms with van der Waals surface area (Å²) in [5, 5.41) is 64.0. The van der Waals surface area contributed by atoms with Crippen molar-refractivity contribution in [2.75, 3.05) is 26.2 Å². The van der Waals surface area contributed by atoms with E-state index in [9.17, 15) is 69.3 Å². The first-order valence-electron chi connectivity index (χ1n) is 24.5. The molecule has 0 radical (unpaired) electrons. The number of carbonyl (C=O) groups excluding carboxylic acids is 6. The highest BCUT2D eigenvalue weighted by atomic mass is 32.2. The van der Waals surface area contributed by atoms with E-state index in [1.54, 1.807) is 6.92 Å². The molecule has 79 heavy (non-hydrogen) atoms. The Morgan fingerprint density at radius 3 is 1.87 bits per heavy atom. The first-order chi connectivity index (χ1) is 37.4. The van der Waals surface area contributed by atoms with E-state index >= 15 is 4.79 Å². The molecule has 3 aromatic carbocycles. The Morgan fingerprint density at radius 2 is 1.38 bits per heavy atom. The normalized spacial score (nSPS) is 21.5. The molecule has 0 spiro atoms. The average molecular weight is 1120 g/mol. The van der Waals surface area contributed by atoms with Crippen molar-refractivity contribution in [1.29, 1.82) is 5.41 Å². The van der Waals surface area contributed by atoms with Crippen LogP contribution < -0.4 is 16.8 Å². The van der Waals surface area contributed by atoms with Crippen molar-refractivity contribution < 1.29 is 72.8 Å². The minimum Gasteiger partial charge on any atom is -0.477 e. The van der Waals surface area contributed by atoms with Gasteiger partial charge in [0.05, 0.1) is 38.9 Å². The fourth-order valence-electron chi connectivity index (χ4n) is 9.90. The number of aliphatic hydroxyl groups is 1. The summed E-state index contributed by atoms with van der Waals surface area (Å²) in [6.07, 6.45) is -4.35. The van der Waals surface area contributed by atoms with Crippen LogP contribution in [-0.4, -0.2) is 154 Å². The molecular formula is C49H55N11O18S.